The first-order chi connectivity index (χ1) is 19.8. The molecule has 2 atom stereocenters. The van der Waals surface area contributed by atoms with Crippen LogP contribution in [0.25, 0.3) is 6.08 Å². The molecule has 0 bridgehead atoms. The number of urea groups is 1. The van der Waals surface area contributed by atoms with Crippen molar-refractivity contribution in [2.75, 3.05) is 31.5 Å². The van der Waals surface area contributed by atoms with Crippen LogP contribution >= 0.6 is 22.9 Å². The number of amides is 4. The van der Waals surface area contributed by atoms with E-state index in [1.54, 1.807) is 17.0 Å². The molecule has 2 aromatic rings. The van der Waals surface area contributed by atoms with Crippen LogP contribution in [-0.4, -0.2) is 74.3 Å². The monoisotopic (exact) mass is 647 g/mol. The van der Waals surface area contributed by atoms with Crippen molar-refractivity contribution in [3.8, 4) is 0 Å². The third kappa shape index (κ3) is 8.69. The van der Waals surface area contributed by atoms with Crippen LogP contribution in [0.1, 0.15) is 36.1 Å². The molecule has 2 fully saturated rings. The van der Waals surface area contributed by atoms with E-state index in [4.69, 9.17) is 11.6 Å². The Labute approximate surface area is 249 Å². The van der Waals surface area contributed by atoms with Crippen molar-refractivity contribution in [3.63, 3.8) is 0 Å². The number of hydrogen-bond donors (Lipinski definition) is 3. The van der Waals surface area contributed by atoms with Crippen molar-refractivity contribution in [3.05, 3.63) is 56.6 Å². The summed E-state index contributed by atoms with van der Waals surface area (Å²) in [6, 6.07) is 5.46. The zero-order chi connectivity index (χ0) is 30.5. The lowest BCUT2D eigenvalue weighted by Gasteiger charge is -2.34. The van der Waals surface area contributed by atoms with E-state index in [2.05, 4.69) is 15.4 Å². The summed E-state index contributed by atoms with van der Waals surface area (Å²) in [7, 11) is -3.94. The standard InChI is InChI=1S/C26H29ClF3N5O5S2/c27-22-9-8-20(41-22)10-13-42(39,40)33-21-7-3-11-34(24(21)37)16-23(36)35-12-2-6-19(35)15-31-25(38)32-18-5-1-4-17(14-18)26(28,29)30/h1,4-5,8-10,13-14,19,21,33H,2-3,6-7,11-12,15-16H2,(H2,31,32,38)/b13-10+/t19-,21+/m1/s1. The SMILES string of the molecule is O=C(NC[C@H]1CCCN1C(=O)CN1CCC[C@H](NS(=O)(=O)/C=C/c2ccc(Cl)s2)C1=O)Nc1cccc(C(F)(F)F)c1. The van der Waals surface area contributed by atoms with Crippen molar-refractivity contribution in [1.29, 1.82) is 0 Å². The maximum atomic E-state index is 13.1. The summed E-state index contributed by atoms with van der Waals surface area (Å²) in [5.74, 6) is -0.844. The molecule has 3 heterocycles. The highest BCUT2D eigenvalue weighted by Gasteiger charge is 2.35. The first kappa shape index (κ1) is 31.8. The van der Waals surface area contributed by atoms with Gasteiger partial charge in [0.15, 0.2) is 0 Å². The molecule has 0 unspecified atom stereocenters. The van der Waals surface area contributed by atoms with Crippen LogP contribution in [0.2, 0.25) is 4.34 Å². The predicted octanol–water partition coefficient (Wildman–Crippen LogP) is 4.11. The van der Waals surface area contributed by atoms with Crippen molar-refractivity contribution in [2.45, 2.75) is 43.9 Å². The fourth-order valence-electron chi connectivity index (χ4n) is 4.81. The molecule has 4 amide bonds. The van der Waals surface area contributed by atoms with E-state index in [0.29, 0.717) is 48.0 Å². The van der Waals surface area contributed by atoms with Crippen molar-refractivity contribution < 1.29 is 36.0 Å². The molecule has 2 saturated heterocycles. The van der Waals surface area contributed by atoms with Gasteiger partial charge in [-0.25, -0.2) is 13.2 Å². The van der Waals surface area contributed by atoms with Gasteiger partial charge in [0.2, 0.25) is 21.8 Å². The largest absolute Gasteiger partial charge is 0.416 e. The van der Waals surface area contributed by atoms with Gasteiger partial charge in [0.25, 0.3) is 0 Å². The van der Waals surface area contributed by atoms with Gasteiger partial charge < -0.3 is 20.4 Å². The lowest BCUT2D eigenvalue weighted by atomic mass is 10.1. The summed E-state index contributed by atoms with van der Waals surface area (Å²) >= 11 is 7.07. The average molecular weight is 648 g/mol. The van der Waals surface area contributed by atoms with E-state index in [1.807, 2.05) is 0 Å². The molecule has 4 rings (SSSR count). The minimum atomic E-state index is -4.55. The second-order valence-corrected chi connectivity index (χ2v) is 13.2. The Bertz CT molecular complexity index is 1450. The van der Waals surface area contributed by atoms with E-state index < -0.39 is 39.7 Å². The predicted molar refractivity (Wildman–Crippen MR) is 153 cm³/mol. The number of hydrogen-bond acceptors (Lipinski definition) is 6. The Morgan fingerprint density at radius 3 is 2.60 bits per heavy atom. The molecular weight excluding hydrogens is 619 g/mol. The third-order valence-corrected chi connectivity index (χ3v) is 9.12. The number of benzene rings is 1. The molecule has 16 heteroatoms. The second-order valence-electron chi connectivity index (χ2n) is 9.86. The zero-order valence-electron chi connectivity index (χ0n) is 22.2. The first-order valence-corrected chi connectivity index (χ1v) is 15.8. The minimum Gasteiger partial charge on any atom is -0.336 e. The molecule has 3 N–H and O–H groups in total. The number of thiophene rings is 1. The zero-order valence-corrected chi connectivity index (χ0v) is 24.6. The van der Waals surface area contributed by atoms with Gasteiger partial charge in [-0.05, 0) is 62.1 Å². The highest BCUT2D eigenvalue weighted by molar-refractivity contribution is 7.92. The van der Waals surface area contributed by atoms with Gasteiger partial charge in [0, 0.05) is 41.6 Å². The number of carbonyl (C=O) groups excluding carboxylic acids is 3. The van der Waals surface area contributed by atoms with Gasteiger partial charge in [-0.2, -0.15) is 17.9 Å². The van der Waals surface area contributed by atoms with Gasteiger partial charge >= 0.3 is 12.2 Å². The number of sulfonamides is 1. The third-order valence-electron chi connectivity index (χ3n) is 6.81. The number of likely N-dealkylation sites (tertiary alicyclic amines) is 2. The molecule has 2 aliphatic heterocycles. The molecule has 2 aliphatic rings. The van der Waals surface area contributed by atoms with Gasteiger partial charge in [0.05, 0.1) is 16.4 Å². The fourth-order valence-corrected chi connectivity index (χ4v) is 6.88. The summed E-state index contributed by atoms with van der Waals surface area (Å²) in [5, 5.41) is 5.92. The van der Waals surface area contributed by atoms with Crippen LogP contribution in [0.5, 0.6) is 0 Å². The van der Waals surface area contributed by atoms with E-state index >= 15 is 0 Å². The first-order valence-electron chi connectivity index (χ1n) is 13.1. The lowest BCUT2D eigenvalue weighted by molar-refractivity contribution is -0.143. The van der Waals surface area contributed by atoms with E-state index in [9.17, 15) is 36.0 Å². The van der Waals surface area contributed by atoms with Crippen LogP contribution in [0.3, 0.4) is 0 Å². The quantitative estimate of drug-likeness (QED) is 0.378. The van der Waals surface area contributed by atoms with Gasteiger partial charge in [-0.3, -0.25) is 9.59 Å². The van der Waals surface area contributed by atoms with Gasteiger partial charge in [-0.1, -0.05) is 17.7 Å². The lowest BCUT2D eigenvalue weighted by Crippen LogP contribution is -2.55. The summed E-state index contributed by atoms with van der Waals surface area (Å²) < 4.78 is 66.8. The second kappa shape index (κ2) is 13.4. The fraction of sp³-hybridized carbons (Fsp3) is 0.423. The summed E-state index contributed by atoms with van der Waals surface area (Å²) in [6.07, 6.45) is -1.11. The topological polar surface area (TPSA) is 128 Å². The Morgan fingerprint density at radius 2 is 1.88 bits per heavy atom. The van der Waals surface area contributed by atoms with Crippen molar-refractivity contribution in [2.24, 2.45) is 0 Å². The Balaban J connectivity index is 1.28. The van der Waals surface area contributed by atoms with Gasteiger partial charge in [-0.15, -0.1) is 11.3 Å². The number of piperidine rings is 1. The Kier molecular flexibility index (Phi) is 10.2. The number of alkyl halides is 3. The molecule has 1 aromatic carbocycles. The molecule has 0 saturated carbocycles. The molecule has 1 aromatic heterocycles. The molecular formula is C26H29ClF3N5O5S2. The van der Waals surface area contributed by atoms with Crippen LogP contribution < -0.4 is 15.4 Å². The van der Waals surface area contributed by atoms with Gasteiger partial charge in [0.1, 0.15) is 6.04 Å². The number of anilines is 1. The molecule has 0 aliphatic carbocycles. The number of halogens is 4. The molecule has 228 valence electrons. The van der Waals surface area contributed by atoms with Crippen LogP contribution in [0.4, 0.5) is 23.7 Å². The van der Waals surface area contributed by atoms with Crippen LogP contribution in [0.15, 0.2) is 41.8 Å². The highest BCUT2D eigenvalue weighted by atomic mass is 35.5. The number of rotatable bonds is 9. The van der Waals surface area contributed by atoms with Crippen LogP contribution in [0, 0.1) is 0 Å². The van der Waals surface area contributed by atoms with E-state index in [-0.39, 0.29) is 30.7 Å². The van der Waals surface area contributed by atoms with E-state index in [0.717, 1.165) is 17.5 Å². The maximum Gasteiger partial charge on any atom is 0.416 e. The highest BCUT2D eigenvalue weighted by Crippen LogP contribution is 2.30. The smallest absolute Gasteiger partial charge is 0.336 e. The van der Waals surface area contributed by atoms with Crippen molar-refractivity contribution in [1.82, 2.24) is 19.8 Å². The summed E-state index contributed by atoms with van der Waals surface area (Å²) in [6.45, 7) is 0.529. The Hall–Kier alpha value is -3.14. The number of nitrogens with zero attached hydrogens (tertiary/aromatic N) is 2. The molecule has 42 heavy (non-hydrogen) atoms. The molecule has 0 radical (unpaired) electrons. The number of nitrogens with one attached hydrogen (secondary N) is 3. The van der Waals surface area contributed by atoms with E-state index in [1.165, 1.54) is 34.4 Å². The number of carbonyl (C=O) groups is 3. The van der Waals surface area contributed by atoms with Crippen LogP contribution in [-0.2, 0) is 25.8 Å². The molecule has 0 spiro atoms. The Morgan fingerprint density at radius 1 is 1.12 bits per heavy atom. The van der Waals surface area contributed by atoms with Crippen molar-refractivity contribution >= 4 is 62.6 Å². The summed E-state index contributed by atoms with van der Waals surface area (Å²) in [4.78, 5) is 42.0. The maximum absolute atomic E-state index is 13.1. The molecule has 10 nitrogen and oxygen atoms in total. The summed E-state index contributed by atoms with van der Waals surface area (Å²) in [5.41, 5.74) is -0.919. The minimum absolute atomic E-state index is 0.0260. The average Bonchev–Trinajstić information content (AvgIpc) is 3.57. The normalized spacial score (nSPS) is 19.9.